The number of rotatable bonds is 7. The second-order valence-corrected chi connectivity index (χ2v) is 6.71. The molecule has 0 radical (unpaired) electrons. The number of aryl methyl sites for hydroxylation is 1. The Kier molecular flexibility index (Phi) is 7.24. The first-order valence-electron chi connectivity index (χ1n) is 7.74. The lowest BCUT2D eigenvalue weighted by molar-refractivity contribution is -0.145. The molecule has 5 heteroatoms. The van der Waals surface area contributed by atoms with Crippen molar-refractivity contribution in [3.8, 4) is 0 Å². The molecule has 0 aromatic heterocycles. The molecule has 2 rings (SSSR count). The van der Waals surface area contributed by atoms with Crippen molar-refractivity contribution in [2.45, 2.75) is 25.3 Å². The van der Waals surface area contributed by atoms with Crippen LogP contribution < -0.4 is 5.32 Å². The van der Waals surface area contributed by atoms with E-state index in [1.54, 1.807) is 0 Å². The van der Waals surface area contributed by atoms with Gasteiger partial charge in [0.15, 0.2) is 0 Å². The second-order valence-electron chi connectivity index (χ2n) is 5.46. The van der Waals surface area contributed by atoms with Crippen molar-refractivity contribution in [2.24, 2.45) is 0 Å². The van der Waals surface area contributed by atoms with Gasteiger partial charge in [0.2, 0.25) is 5.91 Å². The summed E-state index contributed by atoms with van der Waals surface area (Å²) in [5.41, 5.74) is 2.08. The average Bonchev–Trinajstić information content (AvgIpc) is 2.61. The smallest absolute Gasteiger partial charge is 0.328 e. The Hall–Kier alpha value is -1.89. The standard InChI is InChI=1S/C19H20INO3/c1-24-19(23)17(13-15-7-10-16(20)11-8-15)21-18(22)12-9-14-5-3-2-4-6-14/h2-8,10-11,17H,9,12-13H2,1H3,(H,21,22)/t17-/m1/s1. The molecule has 4 nitrogen and oxygen atoms in total. The minimum absolute atomic E-state index is 0.153. The number of carbonyl (C=O) groups excluding carboxylic acids is 2. The minimum atomic E-state index is -0.668. The molecule has 0 unspecified atom stereocenters. The fourth-order valence-corrected chi connectivity index (χ4v) is 2.72. The van der Waals surface area contributed by atoms with Gasteiger partial charge in [-0.15, -0.1) is 0 Å². The van der Waals surface area contributed by atoms with E-state index in [1.165, 1.54) is 7.11 Å². The number of ether oxygens (including phenoxy) is 1. The average molecular weight is 437 g/mol. The Labute approximate surface area is 155 Å². The molecule has 0 spiro atoms. The van der Waals surface area contributed by atoms with E-state index in [0.29, 0.717) is 19.3 Å². The number of amides is 1. The molecule has 1 amide bonds. The topological polar surface area (TPSA) is 55.4 Å². The third-order valence-corrected chi connectivity index (χ3v) is 4.38. The third kappa shape index (κ3) is 5.96. The highest BCUT2D eigenvalue weighted by Crippen LogP contribution is 2.10. The molecule has 24 heavy (non-hydrogen) atoms. The Balaban J connectivity index is 1.93. The lowest BCUT2D eigenvalue weighted by Crippen LogP contribution is -2.43. The quantitative estimate of drug-likeness (QED) is 0.535. The van der Waals surface area contributed by atoms with Crippen LogP contribution in [0.5, 0.6) is 0 Å². The maximum absolute atomic E-state index is 12.2. The molecule has 0 aliphatic carbocycles. The van der Waals surface area contributed by atoms with E-state index < -0.39 is 12.0 Å². The Bertz CT molecular complexity index is 671. The van der Waals surface area contributed by atoms with Gasteiger partial charge in [0.05, 0.1) is 7.11 Å². The highest BCUT2D eigenvalue weighted by atomic mass is 127. The molecule has 0 aliphatic rings. The monoisotopic (exact) mass is 437 g/mol. The molecular formula is C19H20INO3. The van der Waals surface area contributed by atoms with E-state index in [9.17, 15) is 9.59 Å². The summed E-state index contributed by atoms with van der Waals surface area (Å²) >= 11 is 2.23. The van der Waals surface area contributed by atoms with E-state index in [0.717, 1.165) is 14.7 Å². The van der Waals surface area contributed by atoms with Crippen molar-refractivity contribution in [3.63, 3.8) is 0 Å². The number of methoxy groups -OCH3 is 1. The molecule has 0 saturated heterocycles. The summed E-state index contributed by atoms with van der Waals surface area (Å²) in [7, 11) is 1.33. The van der Waals surface area contributed by atoms with Crippen LogP contribution in [0, 0.1) is 3.57 Å². The summed E-state index contributed by atoms with van der Waals surface area (Å²) in [5, 5.41) is 2.79. The molecular weight excluding hydrogens is 417 g/mol. The van der Waals surface area contributed by atoms with Gasteiger partial charge in [-0.3, -0.25) is 4.79 Å². The predicted octanol–water partition coefficient (Wildman–Crippen LogP) is 3.12. The summed E-state index contributed by atoms with van der Waals surface area (Å²) in [6, 6.07) is 17.0. The van der Waals surface area contributed by atoms with E-state index in [1.807, 2.05) is 54.6 Å². The van der Waals surface area contributed by atoms with Crippen LogP contribution in [0.15, 0.2) is 54.6 Å². The van der Waals surface area contributed by atoms with Crippen LogP contribution in [0.4, 0.5) is 0 Å². The number of nitrogens with one attached hydrogen (secondary N) is 1. The number of hydrogen-bond donors (Lipinski definition) is 1. The molecule has 2 aromatic carbocycles. The van der Waals surface area contributed by atoms with Crippen LogP contribution in [-0.2, 0) is 27.2 Å². The van der Waals surface area contributed by atoms with Crippen LogP contribution in [-0.4, -0.2) is 25.0 Å². The SMILES string of the molecule is COC(=O)[C@@H](Cc1ccc(I)cc1)NC(=O)CCc1ccccc1. The molecule has 1 atom stereocenters. The van der Waals surface area contributed by atoms with Crippen LogP contribution in [0.25, 0.3) is 0 Å². The molecule has 2 aromatic rings. The summed E-state index contributed by atoms with van der Waals surface area (Å²) < 4.78 is 5.94. The first-order chi connectivity index (χ1) is 11.6. The van der Waals surface area contributed by atoms with Gasteiger partial charge in [0.1, 0.15) is 6.04 Å². The van der Waals surface area contributed by atoms with Crippen LogP contribution in [0.3, 0.4) is 0 Å². The highest BCUT2D eigenvalue weighted by molar-refractivity contribution is 14.1. The second kappa shape index (κ2) is 9.42. The summed E-state index contributed by atoms with van der Waals surface area (Å²) in [5.74, 6) is -0.582. The van der Waals surface area contributed by atoms with Gasteiger partial charge in [-0.05, 0) is 52.3 Å². The Morgan fingerprint density at radius 2 is 1.71 bits per heavy atom. The zero-order valence-corrected chi connectivity index (χ0v) is 15.7. The number of halogens is 1. The summed E-state index contributed by atoms with van der Waals surface area (Å²) in [6.45, 7) is 0. The molecule has 0 saturated carbocycles. The van der Waals surface area contributed by atoms with E-state index >= 15 is 0 Å². The van der Waals surface area contributed by atoms with Gasteiger partial charge >= 0.3 is 5.97 Å². The van der Waals surface area contributed by atoms with Gasteiger partial charge in [-0.2, -0.15) is 0 Å². The van der Waals surface area contributed by atoms with Crippen molar-refractivity contribution in [3.05, 3.63) is 69.3 Å². The highest BCUT2D eigenvalue weighted by Gasteiger charge is 2.21. The van der Waals surface area contributed by atoms with Crippen molar-refractivity contribution >= 4 is 34.5 Å². The Morgan fingerprint density at radius 3 is 2.33 bits per heavy atom. The first kappa shape index (κ1) is 18.4. The fraction of sp³-hybridized carbons (Fsp3) is 0.263. The lowest BCUT2D eigenvalue weighted by atomic mass is 10.1. The normalized spacial score (nSPS) is 11.6. The Morgan fingerprint density at radius 1 is 1.04 bits per heavy atom. The molecule has 0 heterocycles. The zero-order valence-electron chi connectivity index (χ0n) is 13.5. The van der Waals surface area contributed by atoms with Gasteiger partial charge in [-0.25, -0.2) is 4.79 Å². The molecule has 0 bridgehead atoms. The minimum Gasteiger partial charge on any atom is -0.467 e. The molecule has 0 fully saturated rings. The zero-order chi connectivity index (χ0) is 17.4. The van der Waals surface area contributed by atoms with Crippen molar-refractivity contribution < 1.29 is 14.3 Å². The van der Waals surface area contributed by atoms with E-state index in [-0.39, 0.29) is 5.91 Å². The first-order valence-corrected chi connectivity index (χ1v) is 8.82. The van der Waals surface area contributed by atoms with Crippen molar-refractivity contribution in [2.75, 3.05) is 7.11 Å². The largest absolute Gasteiger partial charge is 0.467 e. The third-order valence-electron chi connectivity index (χ3n) is 3.66. The van der Waals surface area contributed by atoms with Gasteiger partial charge in [0.25, 0.3) is 0 Å². The predicted molar refractivity (Wildman–Crippen MR) is 102 cm³/mol. The molecule has 126 valence electrons. The number of benzene rings is 2. The number of hydrogen-bond acceptors (Lipinski definition) is 3. The number of carbonyl (C=O) groups is 2. The number of esters is 1. The van der Waals surface area contributed by atoms with Crippen LogP contribution in [0.2, 0.25) is 0 Å². The van der Waals surface area contributed by atoms with Gasteiger partial charge < -0.3 is 10.1 Å². The fourth-order valence-electron chi connectivity index (χ4n) is 2.36. The van der Waals surface area contributed by atoms with Crippen LogP contribution >= 0.6 is 22.6 Å². The summed E-state index contributed by atoms with van der Waals surface area (Å²) in [4.78, 5) is 24.1. The maximum atomic E-state index is 12.2. The lowest BCUT2D eigenvalue weighted by Gasteiger charge is -2.16. The molecule has 0 aliphatic heterocycles. The van der Waals surface area contributed by atoms with Crippen molar-refractivity contribution in [1.82, 2.24) is 5.32 Å². The van der Waals surface area contributed by atoms with Crippen LogP contribution in [0.1, 0.15) is 17.5 Å². The van der Waals surface area contributed by atoms with E-state index in [4.69, 9.17) is 4.74 Å². The van der Waals surface area contributed by atoms with E-state index in [2.05, 4.69) is 27.9 Å². The van der Waals surface area contributed by atoms with Crippen molar-refractivity contribution in [1.29, 1.82) is 0 Å². The van der Waals surface area contributed by atoms with Gasteiger partial charge in [-0.1, -0.05) is 42.5 Å². The molecule has 1 N–H and O–H groups in total. The van der Waals surface area contributed by atoms with Gasteiger partial charge in [0, 0.05) is 16.4 Å². The summed E-state index contributed by atoms with van der Waals surface area (Å²) in [6.07, 6.45) is 1.40. The maximum Gasteiger partial charge on any atom is 0.328 e.